The minimum atomic E-state index is 0.560. The van der Waals surface area contributed by atoms with E-state index in [0.29, 0.717) is 24.0 Å². The first-order valence-corrected chi connectivity index (χ1v) is 7.31. The second kappa shape index (κ2) is 6.29. The minimum Gasteiger partial charge on any atom is -0.364 e. The quantitative estimate of drug-likeness (QED) is 0.495. The third-order valence-corrected chi connectivity index (χ3v) is 3.48. The Kier molecular flexibility index (Phi) is 4.04. The van der Waals surface area contributed by atoms with Crippen LogP contribution >= 0.6 is 11.3 Å². The van der Waals surface area contributed by atoms with E-state index in [0.717, 1.165) is 11.3 Å². The topological polar surface area (TPSA) is 88.8 Å². The predicted molar refractivity (Wildman–Crippen MR) is 84.7 cm³/mol. The maximum Gasteiger partial charge on any atom is 0.163 e. The maximum atomic E-state index is 5.48. The average Bonchev–Trinajstić information content (AvgIpc) is 3.07. The van der Waals surface area contributed by atoms with Gasteiger partial charge >= 0.3 is 0 Å². The lowest BCUT2D eigenvalue weighted by molar-refractivity contribution is 1.04. The molecule has 3 rings (SSSR count). The number of nitrogens with zero attached hydrogens (tertiary/aromatic N) is 3. The molecule has 2 aromatic heterocycles. The van der Waals surface area contributed by atoms with Crippen molar-refractivity contribution in [3.63, 3.8) is 0 Å². The minimum absolute atomic E-state index is 0.560. The summed E-state index contributed by atoms with van der Waals surface area (Å²) in [5.41, 5.74) is 6.28. The highest BCUT2D eigenvalue weighted by atomic mass is 32.1. The lowest BCUT2D eigenvalue weighted by Gasteiger charge is -2.09. The Hall–Kier alpha value is -2.51. The second-order valence-electron chi connectivity index (χ2n) is 4.31. The number of rotatable bonds is 5. The Morgan fingerprint density at radius 2 is 1.90 bits per heavy atom. The van der Waals surface area contributed by atoms with Crippen molar-refractivity contribution >= 4 is 23.0 Å². The Bertz CT molecular complexity index is 699. The number of nitrogens with two attached hydrogens (primary N) is 1. The largest absolute Gasteiger partial charge is 0.364 e. The molecule has 0 atom stereocenters. The number of hydrazine groups is 1. The summed E-state index contributed by atoms with van der Waals surface area (Å²) in [4.78, 5) is 13.1. The summed E-state index contributed by atoms with van der Waals surface area (Å²) in [7, 11) is 0. The summed E-state index contributed by atoms with van der Waals surface area (Å²) in [5, 5.41) is 5.22. The van der Waals surface area contributed by atoms with Crippen molar-refractivity contribution in [2.24, 2.45) is 5.84 Å². The van der Waals surface area contributed by atoms with Crippen LogP contribution in [0.15, 0.2) is 47.3 Å². The molecule has 21 heavy (non-hydrogen) atoms. The van der Waals surface area contributed by atoms with Crippen LogP contribution in [0.4, 0.5) is 11.6 Å². The lowest BCUT2D eigenvalue weighted by Crippen LogP contribution is -2.11. The summed E-state index contributed by atoms with van der Waals surface area (Å²) >= 11 is 1.57. The van der Waals surface area contributed by atoms with Crippen LogP contribution in [-0.4, -0.2) is 15.0 Å². The molecule has 0 aliphatic carbocycles. The molecule has 0 bridgehead atoms. The number of benzene rings is 1. The Labute approximate surface area is 126 Å². The van der Waals surface area contributed by atoms with Crippen LogP contribution < -0.4 is 16.6 Å². The third kappa shape index (κ3) is 3.33. The summed E-state index contributed by atoms with van der Waals surface area (Å²) < 4.78 is 0. The number of thiazole rings is 1. The zero-order chi connectivity index (χ0) is 14.5. The van der Waals surface area contributed by atoms with Crippen LogP contribution in [0.2, 0.25) is 0 Å². The summed E-state index contributed by atoms with van der Waals surface area (Å²) in [6.07, 6.45) is 0. The van der Waals surface area contributed by atoms with Crippen molar-refractivity contribution in [3.05, 3.63) is 53.0 Å². The fourth-order valence-corrected chi connectivity index (χ4v) is 2.39. The van der Waals surface area contributed by atoms with Gasteiger partial charge in [-0.2, -0.15) is 0 Å². The van der Waals surface area contributed by atoms with E-state index in [2.05, 4.69) is 25.7 Å². The molecule has 3 aromatic rings. The molecular formula is C14H14N6S. The molecule has 6 nitrogen and oxygen atoms in total. The van der Waals surface area contributed by atoms with Gasteiger partial charge in [-0.15, -0.1) is 11.3 Å². The molecule has 106 valence electrons. The molecule has 0 amide bonds. The number of anilines is 2. The van der Waals surface area contributed by atoms with E-state index in [1.54, 1.807) is 22.9 Å². The standard InChI is InChI=1S/C14H14N6S/c15-20-13-6-12(16-7-11-8-21-9-17-11)18-14(19-13)10-4-2-1-3-5-10/h1-6,8-9H,7,15H2,(H2,16,18,19,20). The van der Waals surface area contributed by atoms with Gasteiger partial charge < -0.3 is 10.7 Å². The van der Waals surface area contributed by atoms with Gasteiger partial charge in [0.2, 0.25) is 0 Å². The van der Waals surface area contributed by atoms with Crippen LogP contribution in [-0.2, 0) is 6.54 Å². The number of nitrogens with one attached hydrogen (secondary N) is 2. The van der Waals surface area contributed by atoms with Crippen molar-refractivity contribution < 1.29 is 0 Å². The Morgan fingerprint density at radius 3 is 2.62 bits per heavy atom. The molecule has 0 fully saturated rings. The highest BCUT2D eigenvalue weighted by Gasteiger charge is 2.06. The molecule has 0 spiro atoms. The van der Waals surface area contributed by atoms with Crippen molar-refractivity contribution in [1.29, 1.82) is 0 Å². The monoisotopic (exact) mass is 298 g/mol. The van der Waals surface area contributed by atoms with E-state index in [-0.39, 0.29) is 0 Å². The SMILES string of the molecule is NNc1cc(NCc2cscn2)nc(-c2ccccc2)n1. The van der Waals surface area contributed by atoms with Gasteiger partial charge in [0.25, 0.3) is 0 Å². The molecule has 4 N–H and O–H groups in total. The number of hydrogen-bond acceptors (Lipinski definition) is 7. The van der Waals surface area contributed by atoms with Crippen LogP contribution in [0.25, 0.3) is 11.4 Å². The molecule has 0 unspecified atom stereocenters. The predicted octanol–water partition coefficient (Wildman–Crippen LogP) is 2.50. The fraction of sp³-hybridized carbons (Fsp3) is 0.0714. The van der Waals surface area contributed by atoms with E-state index in [1.807, 2.05) is 35.7 Å². The van der Waals surface area contributed by atoms with Crippen molar-refractivity contribution in [2.45, 2.75) is 6.54 Å². The molecule has 0 saturated heterocycles. The first-order valence-electron chi connectivity index (χ1n) is 6.37. The summed E-state index contributed by atoms with van der Waals surface area (Å²) in [5.74, 6) is 7.35. The molecular weight excluding hydrogens is 284 g/mol. The molecule has 0 aliphatic heterocycles. The molecule has 2 heterocycles. The number of nitrogen functional groups attached to an aromatic ring is 1. The Balaban J connectivity index is 1.86. The van der Waals surface area contributed by atoms with Gasteiger partial charge in [-0.05, 0) is 0 Å². The van der Waals surface area contributed by atoms with Gasteiger partial charge in [0.15, 0.2) is 5.82 Å². The molecule has 1 aromatic carbocycles. The average molecular weight is 298 g/mol. The van der Waals surface area contributed by atoms with Gasteiger partial charge in [0.1, 0.15) is 11.6 Å². The summed E-state index contributed by atoms with van der Waals surface area (Å²) in [6.45, 7) is 0.610. The Morgan fingerprint density at radius 1 is 1.10 bits per heavy atom. The zero-order valence-corrected chi connectivity index (χ0v) is 12.0. The van der Waals surface area contributed by atoms with E-state index in [4.69, 9.17) is 5.84 Å². The van der Waals surface area contributed by atoms with Crippen LogP contribution in [0.1, 0.15) is 5.69 Å². The van der Waals surface area contributed by atoms with Crippen molar-refractivity contribution in [2.75, 3.05) is 10.7 Å². The molecule has 0 radical (unpaired) electrons. The fourth-order valence-electron chi connectivity index (χ4n) is 1.83. The van der Waals surface area contributed by atoms with Crippen molar-refractivity contribution in [3.8, 4) is 11.4 Å². The van der Waals surface area contributed by atoms with E-state index >= 15 is 0 Å². The van der Waals surface area contributed by atoms with Crippen LogP contribution in [0.5, 0.6) is 0 Å². The van der Waals surface area contributed by atoms with Crippen LogP contribution in [0, 0.1) is 0 Å². The zero-order valence-electron chi connectivity index (χ0n) is 11.2. The smallest absolute Gasteiger partial charge is 0.163 e. The van der Waals surface area contributed by atoms with Crippen molar-refractivity contribution in [1.82, 2.24) is 15.0 Å². The third-order valence-electron chi connectivity index (χ3n) is 2.84. The van der Waals surface area contributed by atoms with E-state index < -0.39 is 0 Å². The second-order valence-corrected chi connectivity index (χ2v) is 5.02. The van der Waals surface area contributed by atoms with Gasteiger partial charge in [0, 0.05) is 17.0 Å². The first-order chi connectivity index (χ1) is 10.3. The normalized spacial score (nSPS) is 10.3. The van der Waals surface area contributed by atoms with Gasteiger partial charge in [-0.25, -0.2) is 20.8 Å². The van der Waals surface area contributed by atoms with Gasteiger partial charge in [-0.1, -0.05) is 30.3 Å². The highest BCUT2D eigenvalue weighted by molar-refractivity contribution is 7.07. The molecule has 0 aliphatic rings. The van der Waals surface area contributed by atoms with E-state index in [9.17, 15) is 0 Å². The number of aromatic nitrogens is 3. The number of hydrogen-bond donors (Lipinski definition) is 3. The van der Waals surface area contributed by atoms with Crippen LogP contribution in [0.3, 0.4) is 0 Å². The summed E-state index contributed by atoms with van der Waals surface area (Å²) in [6, 6.07) is 11.5. The van der Waals surface area contributed by atoms with Gasteiger partial charge in [-0.3, -0.25) is 0 Å². The molecule has 7 heteroatoms. The maximum absolute atomic E-state index is 5.48. The van der Waals surface area contributed by atoms with Gasteiger partial charge in [0.05, 0.1) is 17.7 Å². The molecule has 0 saturated carbocycles. The first kappa shape index (κ1) is 13.5. The highest BCUT2D eigenvalue weighted by Crippen LogP contribution is 2.20. The van der Waals surface area contributed by atoms with E-state index in [1.165, 1.54) is 0 Å². The lowest BCUT2D eigenvalue weighted by atomic mass is 10.2.